The van der Waals surface area contributed by atoms with Crippen molar-refractivity contribution in [2.75, 3.05) is 18.5 Å². The van der Waals surface area contributed by atoms with Crippen molar-refractivity contribution >= 4 is 5.82 Å². The van der Waals surface area contributed by atoms with Crippen LogP contribution in [0.2, 0.25) is 0 Å². The van der Waals surface area contributed by atoms with E-state index in [1.165, 1.54) is 12.3 Å². The Morgan fingerprint density at radius 3 is 2.75 bits per heavy atom. The summed E-state index contributed by atoms with van der Waals surface area (Å²) in [6.45, 7) is 1.89. The summed E-state index contributed by atoms with van der Waals surface area (Å²) in [6, 6.07) is 2.21. The quantitative estimate of drug-likeness (QED) is 0.839. The van der Waals surface area contributed by atoms with E-state index >= 15 is 0 Å². The minimum Gasteiger partial charge on any atom is -0.396 e. The number of pyridine rings is 1. The monoisotopic (exact) mass is 234 g/mol. The van der Waals surface area contributed by atoms with Gasteiger partial charge in [0, 0.05) is 19.3 Å². The van der Waals surface area contributed by atoms with Crippen LogP contribution in [0.5, 0.6) is 0 Å². The minimum atomic E-state index is -4.42. The minimum absolute atomic E-state index is 0.0822. The molecule has 0 aliphatic heterocycles. The van der Waals surface area contributed by atoms with Crippen LogP contribution in [-0.4, -0.2) is 23.2 Å². The molecule has 1 unspecified atom stereocenters. The third-order valence-electron chi connectivity index (χ3n) is 2.04. The van der Waals surface area contributed by atoms with Gasteiger partial charge in [0.25, 0.3) is 0 Å². The molecule has 1 rings (SSSR count). The highest BCUT2D eigenvalue weighted by Crippen LogP contribution is 2.33. The molecule has 6 heteroatoms. The maximum Gasteiger partial charge on any atom is 0.419 e. The second-order valence-corrected chi connectivity index (χ2v) is 3.57. The second-order valence-electron chi connectivity index (χ2n) is 3.57. The van der Waals surface area contributed by atoms with Crippen LogP contribution in [0.1, 0.15) is 12.5 Å². The van der Waals surface area contributed by atoms with Gasteiger partial charge in [-0.25, -0.2) is 4.98 Å². The number of rotatable bonds is 4. The predicted octanol–water partition coefficient (Wildman–Crippen LogP) is 2.14. The van der Waals surface area contributed by atoms with Crippen LogP contribution >= 0.6 is 0 Å². The largest absolute Gasteiger partial charge is 0.419 e. The molecule has 16 heavy (non-hydrogen) atoms. The second kappa shape index (κ2) is 5.16. The summed E-state index contributed by atoms with van der Waals surface area (Å²) in [6.07, 6.45) is -3.12. The van der Waals surface area contributed by atoms with Crippen LogP contribution in [0.25, 0.3) is 0 Å². The summed E-state index contributed by atoms with van der Waals surface area (Å²) in [4.78, 5) is 3.64. The summed E-state index contributed by atoms with van der Waals surface area (Å²) in [5.41, 5.74) is -0.792. The SMILES string of the molecule is CC(CO)CNc1ncccc1C(F)(F)F. The van der Waals surface area contributed by atoms with E-state index in [-0.39, 0.29) is 24.9 Å². The first-order chi connectivity index (χ1) is 7.45. The highest BCUT2D eigenvalue weighted by molar-refractivity contribution is 5.45. The van der Waals surface area contributed by atoms with Gasteiger partial charge >= 0.3 is 6.18 Å². The fraction of sp³-hybridized carbons (Fsp3) is 0.500. The van der Waals surface area contributed by atoms with Gasteiger partial charge in [-0.3, -0.25) is 0 Å². The van der Waals surface area contributed by atoms with Crippen molar-refractivity contribution < 1.29 is 18.3 Å². The molecule has 3 nitrogen and oxygen atoms in total. The average Bonchev–Trinajstić information content (AvgIpc) is 2.25. The summed E-state index contributed by atoms with van der Waals surface area (Å²) >= 11 is 0. The van der Waals surface area contributed by atoms with E-state index in [9.17, 15) is 13.2 Å². The van der Waals surface area contributed by atoms with Crippen molar-refractivity contribution in [2.45, 2.75) is 13.1 Å². The van der Waals surface area contributed by atoms with Gasteiger partial charge in [-0.05, 0) is 18.1 Å². The Bertz CT molecular complexity index is 341. The van der Waals surface area contributed by atoms with E-state index in [0.29, 0.717) is 0 Å². The number of aromatic nitrogens is 1. The molecule has 0 radical (unpaired) electrons. The number of hydrogen-bond acceptors (Lipinski definition) is 3. The van der Waals surface area contributed by atoms with Gasteiger partial charge in [0.15, 0.2) is 0 Å². The lowest BCUT2D eigenvalue weighted by Crippen LogP contribution is -2.18. The first-order valence-corrected chi connectivity index (χ1v) is 4.82. The maximum atomic E-state index is 12.5. The third-order valence-corrected chi connectivity index (χ3v) is 2.04. The summed E-state index contributed by atoms with van der Waals surface area (Å²) < 4.78 is 37.6. The van der Waals surface area contributed by atoms with Crippen molar-refractivity contribution in [3.05, 3.63) is 23.9 Å². The van der Waals surface area contributed by atoms with Crippen molar-refractivity contribution in [1.82, 2.24) is 4.98 Å². The standard InChI is InChI=1S/C10H13F3N2O/c1-7(6-16)5-15-9-8(10(11,12)13)3-2-4-14-9/h2-4,7,16H,5-6H2,1H3,(H,14,15). The molecule has 2 N–H and O–H groups in total. The lowest BCUT2D eigenvalue weighted by Gasteiger charge is -2.15. The van der Waals surface area contributed by atoms with Gasteiger partial charge in [-0.2, -0.15) is 13.2 Å². The van der Waals surface area contributed by atoms with Gasteiger partial charge in [0.1, 0.15) is 5.82 Å². The zero-order valence-corrected chi connectivity index (χ0v) is 8.75. The number of alkyl halides is 3. The lowest BCUT2D eigenvalue weighted by atomic mass is 10.2. The number of aliphatic hydroxyl groups excluding tert-OH is 1. The molecule has 0 spiro atoms. The van der Waals surface area contributed by atoms with E-state index < -0.39 is 11.7 Å². The maximum absolute atomic E-state index is 12.5. The van der Waals surface area contributed by atoms with E-state index in [1.807, 2.05) is 0 Å². The van der Waals surface area contributed by atoms with Crippen LogP contribution in [0.3, 0.4) is 0 Å². The number of anilines is 1. The van der Waals surface area contributed by atoms with Crippen molar-refractivity contribution in [2.24, 2.45) is 5.92 Å². The molecule has 0 aliphatic rings. The normalized spacial score (nSPS) is 13.6. The summed E-state index contributed by atoms with van der Waals surface area (Å²) in [5, 5.41) is 11.3. The van der Waals surface area contributed by atoms with Gasteiger partial charge < -0.3 is 10.4 Å². The van der Waals surface area contributed by atoms with Gasteiger partial charge in [-0.1, -0.05) is 6.92 Å². The number of hydrogen-bond donors (Lipinski definition) is 2. The molecule has 1 aromatic rings. The smallest absolute Gasteiger partial charge is 0.396 e. The predicted molar refractivity (Wildman–Crippen MR) is 54.0 cm³/mol. The number of aliphatic hydroxyl groups is 1. The zero-order chi connectivity index (χ0) is 12.2. The Kier molecular flexibility index (Phi) is 4.12. The van der Waals surface area contributed by atoms with E-state index in [0.717, 1.165) is 6.07 Å². The molecule has 1 heterocycles. The Morgan fingerprint density at radius 1 is 1.50 bits per heavy atom. The molecule has 0 fully saturated rings. The van der Waals surface area contributed by atoms with Gasteiger partial charge in [-0.15, -0.1) is 0 Å². The first-order valence-electron chi connectivity index (χ1n) is 4.82. The molecule has 0 aliphatic carbocycles. The lowest BCUT2D eigenvalue weighted by molar-refractivity contribution is -0.137. The van der Waals surface area contributed by atoms with Crippen LogP contribution in [0.15, 0.2) is 18.3 Å². The molecule has 1 aromatic heterocycles. The molecule has 1 atom stereocenters. The summed E-state index contributed by atoms with van der Waals surface area (Å²) in [5.74, 6) is -0.321. The molecular formula is C10H13F3N2O. The average molecular weight is 234 g/mol. The van der Waals surface area contributed by atoms with Crippen LogP contribution in [-0.2, 0) is 6.18 Å². The Morgan fingerprint density at radius 2 is 2.19 bits per heavy atom. The van der Waals surface area contributed by atoms with E-state index in [2.05, 4.69) is 10.3 Å². The van der Waals surface area contributed by atoms with E-state index in [1.54, 1.807) is 6.92 Å². The zero-order valence-electron chi connectivity index (χ0n) is 8.75. The van der Waals surface area contributed by atoms with Crippen LogP contribution in [0, 0.1) is 5.92 Å². The molecule has 0 aromatic carbocycles. The Labute approximate surface area is 91.3 Å². The Hall–Kier alpha value is -1.30. The van der Waals surface area contributed by atoms with Crippen molar-refractivity contribution in [3.8, 4) is 0 Å². The van der Waals surface area contributed by atoms with Crippen molar-refractivity contribution in [3.63, 3.8) is 0 Å². The van der Waals surface area contributed by atoms with Gasteiger partial charge in [0.2, 0.25) is 0 Å². The number of nitrogens with zero attached hydrogens (tertiary/aromatic N) is 1. The van der Waals surface area contributed by atoms with Crippen LogP contribution in [0.4, 0.5) is 19.0 Å². The van der Waals surface area contributed by atoms with E-state index in [4.69, 9.17) is 5.11 Å². The highest BCUT2D eigenvalue weighted by atomic mass is 19.4. The molecule has 0 amide bonds. The molecule has 0 bridgehead atoms. The van der Waals surface area contributed by atoms with Gasteiger partial charge in [0.05, 0.1) is 5.56 Å². The van der Waals surface area contributed by atoms with Crippen LogP contribution < -0.4 is 5.32 Å². The topological polar surface area (TPSA) is 45.1 Å². The highest BCUT2D eigenvalue weighted by Gasteiger charge is 2.33. The first kappa shape index (κ1) is 12.8. The molecule has 0 saturated heterocycles. The fourth-order valence-corrected chi connectivity index (χ4v) is 1.11. The third kappa shape index (κ3) is 3.37. The Balaban J connectivity index is 2.80. The number of halogens is 3. The van der Waals surface area contributed by atoms with Crippen molar-refractivity contribution in [1.29, 1.82) is 0 Å². The molecule has 0 saturated carbocycles. The number of nitrogens with one attached hydrogen (secondary N) is 1. The molecule has 90 valence electrons. The fourth-order valence-electron chi connectivity index (χ4n) is 1.11. The molecular weight excluding hydrogens is 221 g/mol. The summed E-state index contributed by atoms with van der Waals surface area (Å²) in [7, 11) is 0.